The highest BCUT2D eigenvalue weighted by Crippen LogP contribution is 2.07. The van der Waals surface area contributed by atoms with Crippen molar-refractivity contribution in [3.8, 4) is 0 Å². The predicted octanol–water partition coefficient (Wildman–Crippen LogP) is 2.86. The van der Waals surface area contributed by atoms with E-state index >= 15 is 0 Å². The molecule has 1 aliphatic rings. The molecule has 0 atom stereocenters. The normalized spacial score (nSPS) is 20.9. The number of nitrogens with zero attached hydrogens (tertiary/aromatic N) is 1. The molecule has 0 saturated carbocycles. The van der Waals surface area contributed by atoms with E-state index in [0.717, 1.165) is 6.54 Å². The molecule has 0 bridgehead atoms. The first-order chi connectivity index (χ1) is 6.50. The SMILES string of the molecule is C1=CNC=NCCCCCCCC1. The fourth-order valence-electron chi connectivity index (χ4n) is 1.48. The summed E-state index contributed by atoms with van der Waals surface area (Å²) in [5.41, 5.74) is 0. The van der Waals surface area contributed by atoms with Crippen molar-refractivity contribution in [2.45, 2.75) is 44.9 Å². The summed E-state index contributed by atoms with van der Waals surface area (Å²) in [6.07, 6.45) is 15.2. The molecule has 1 N–H and O–H groups in total. The van der Waals surface area contributed by atoms with Crippen LogP contribution in [0.2, 0.25) is 0 Å². The second-order valence-electron chi connectivity index (χ2n) is 3.51. The number of aliphatic imine (C=N–C) groups is 1. The Hall–Kier alpha value is -0.790. The van der Waals surface area contributed by atoms with E-state index in [9.17, 15) is 0 Å². The Morgan fingerprint density at radius 1 is 0.923 bits per heavy atom. The van der Waals surface area contributed by atoms with E-state index < -0.39 is 0 Å². The Labute approximate surface area is 81.1 Å². The first-order valence-electron chi connectivity index (χ1n) is 5.39. The van der Waals surface area contributed by atoms with E-state index in [-0.39, 0.29) is 0 Å². The first kappa shape index (κ1) is 10.3. The van der Waals surface area contributed by atoms with Gasteiger partial charge in [0.25, 0.3) is 0 Å². The Kier molecular flexibility index (Phi) is 6.21. The highest BCUT2D eigenvalue weighted by atomic mass is 14.9. The molecule has 0 aliphatic carbocycles. The van der Waals surface area contributed by atoms with Gasteiger partial charge in [-0.15, -0.1) is 0 Å². The molecule has 2 heteroatoms. The fraction of sp³-hybridized carbons (Fsp3) is 0.727. The topological polar surface area (TPSA) is 24.4 Å². The van der Waals surface area contributed by atoms with Gasteiger partial charge in [0.05, 0.1) is 6.34 Å². The van der Waals surface area contributed by atoms with Crippen molar-refractivity contribution >= 4 is 6.34 Å². The van der Waals surface area contributed by atoms with Crippen LogP contribution < -0.4 is 5.32 Å². The minimum Gasteiger partial charge on any atom is -0.353 e. The summed E-state index contributed by atoms with van der Waals surface area (Å²) in [5.74, 6) is 0. The molecule has 0 saturated heterocycles. The van der Waals surface area contributed by atoms with Crippen LogP contribution in [0, 0.1) is 0 Å². The fourth-order valence-corrected chi connectivity index (χ4v) is 1.48. The minimum atomic E-state index is 0.973. The van der Waals surface area contributed by atoms with Crippen molar-refractivity contribution in [2.75, 3.05) is 6.54 Å². The van der Waals surface area contributed by atoms with Gasteiger partial charge in [0.15, 0.2) is 0 Å². The summed E-state index contributed by atoms with van der Waals surface area (Å²) >= 11 is 0. The molecule has 1 aliphatic heterocycles. The molecule has 0 spiro atoms. The van der Waals surface area contributed by atoms with Crippen LogP contribution in [0.4, 0.5) is 0 Å². The molecule has 0 aromatic rings. The molecular formula is C11H20N2. The summed E-state index contributed by atoms with van der Waals surface area (Å²) < 4.78 is 0. The monoisotopic (exact) mass is 180 g/mol. The van der Waals surface area contributed by atoms with Crippen molar-refractivity contribution in [2.24, 2.45) is 4.99 Å². The molecule has 0 unspecified atom stereocenters. The summed E-state index contributed by atoms with van der Waals surface area (Å²) in [6, 6.07) is 0. The van der Waals surface area contributed by atoms with E-state index in [1.165, 1.54) is 44.9 Å². The number of hydrogen-bond donors (Lipinski definition) is 1. The third-order valence-electron chi connectivity index (χ3n) is 2.29. The zero-order chi connectivity index (χ0) is 9.19. The quantitative estimate of drug-likeness (QED) is 0.609. The number of nitrogens with one attached hydrogen (secondary N) is 1. The van der Waals surface area contributed by atoms with E-state index in [1.807, 2.05) is 6.20 Å². The van der Waals surface area contributed by atoms with Crippen molar-refractivity contribution in [1.29, 1.82) is 0 Å². The average molecular weight is 180 g/mol. The van der Waals surface area contributed by atoms with Gasteiger partial charge in [-0.1, -0.05) is 31.8 Å². The van der Waals surface area contributed by atoms with Crippen molar-refractivity contribution in [3.63, 3.8) is 0 Å². The van der Waals surface area contributed by atoms with Crippen LogP contribution in [0.25, 0.3) is 0 Å². The largest absolute Gasteiger partial charge is 0.353 e. The average Bonchev–Trinajstić information content (AvgIpc) is 2.18. The van der Waals surface area contributed by atoms with Crippen LogP contribution in [-0.4, -0.2) is 12.9 Å². The van der Waals surface area contributed by atoms with Gasteiger partial charge < -0.3 is 5.32 Å². The van der Waals surface area contributed by atoms with Crippen molar-refractivity contribution in [3.05, 3.63) is 12.3 Å². The van der Waals surface area contributed by atoms with E-state index in [4.69, 9.17) is 0 Å². The maximum atomic E-state index is 4.25. The maximum absolute atomic E-state index is 4.25. The highest BCUT2D eigenvalue weighted by Gasteiger charge is 1.90. The molecule has 0 amide bonds. The Bertz CT molecular complexity index is 143. The van der Waals surface area contributed by atoms with Crippen LogP contribution in [-0.2, 0) is 0 Å². The van der Waals surface area contributed by atoms with Crippen molar-refractivity contribution < 1.29 is 0 Å². The summed E-state index contributed by atoms with van der Waals surface area (Å²) in [7, 11) is 0. The standard InChI is InChI=1S/C11H20N2/c1-2-4-6-8-10-13-11-12-9-7-5-3-1/h7,9,11H,1-6,8,10H2,(H,12,13). The van der Waals surface area contributed by atoms with Gasteiger partial charge in [-0.3, -0.25) is 4.99 Å². The lowest BCUT2D eigenvalue weighted by Crippen LogP contribution is -2.00. The van der Waals surface area contributed by atoms with Crippen LogP contribution in [0.1, 0.15) is 44.9 Å². The summed E-state index contributed by atoms with van der Waals surface area (Å²) in [4.78, 5) is 4.25. The molecule has 0 fully saturated rings. The molecular weight excluding hydrogens is 160 g/mol. The molecule has 74 valence electrons. The van der Waals surface area contributed by atoms with Crippen LogP contribution in [0.15, 0.2) is 17.3 Å². The van der Waals surface area contributed by atoms with E-state index in [2.05, 4.69) is 16.4 Å². The first-order valence-corrected chi connectivity index (χ1v) is 5.39. The maximum Gasteiger partial charge on any atom is 0.0863 e. The van der Waals surface area contributed by atoms with Crippen molar-refractivity contribution in [1.82, 2.24) is 5.32 Å². The minimum absolute atomic E-state index is 0.973. The second kappa shape index (κ2) is 7.84. The molecule has 2 nitrogen and oxygen atoms in total. The molecule has 1 rings (SSSR count). The molecule has 0 radical (unpaired) electrons. The van der Waals surface area contributed by atoms with Crippen LogP contribution in [0.5, 0.6) is 0 Å². The van der Waals surface area contributed by atoms with Gasteiger partial charge in [0, 0.05) is 6.54 Å². The van der Waals surface area contributed by atoms with Gasteiger partial charge in [-0.25, -0.2) is 0 Å². The van der Waals surface area contributed by atoms with Crippen LogP contribution in [0.3, 0.4) is 0 Å². The molecule has 0 aromatic heterocycles. The number of hydrogen-bond acceptors (Lipinski definition) is 2. The second-order valence-corrected chi connectivity index (χ2v) is 3.51. The van der Waals surface area contributed by atoms with Gasteiger partial charge in [0.2, 0.25) is 0 Å². The third kappa shape index (κ3) is 6.38. The molecule has 1 heterocycles. The van der Waals surface area contributed by atoms with E-state index in [0.29, 0.717) is 0 Å². The summed E-state index contributed by atoms with van der Waals surface area (Å²) in [5, 5.41) is 3.05. The lowest BCUT2D eigenvalue weighted by molar-refractivity contribution is 0.601. The smallest absolute Gasteiger partial charge is 0.0863 e. The Morgan fingerprint density at radius 3 is 2.62 bits per heavy atom. The lowest BCUT2D eigenvalue weighted by atomic mass is 10.1. The zero-order valence-electron chi connectivity index (χ0n) is 8.34. The number of rotatable bonds is 0. The number of allylic oxidation sites excluding steroid dienone is 1. The third-order valence-corrected chi connectivity index (χ3v) is 2.29. The highest BCUT2D eigenvalue weighted by molar-refractivity contribution is 5.55. The predicted molar refractivity (Wildman–Crippen MR) is 58.0 cm³/mol. The van der Waals surface area contributed by atoms with Gasteiger partial charge >= 0.3 is 0 Å². The zero-order valence-corrected chi connectivity index (χ0v) is 8.34. The Balaban J connectivity index is 2.18. The lowest BCUT2D eigenvalue weighted by Gasteiger charge is -1.98. The molecule has 0 aromatic carbocycles. The van der Waals surface area contributed by atoms with Gasteiger partial charge in [-0.05, 0) is 25.5 Å². The van der Waals surface area contributed by atoms with Crippen LogP contribution >= 0.6 is 0 Å². The van der Waals surface area contributed by atoms with Gasteiger partial charge in [-0.2, -0.15) is 0 Å². The Morgan fingerprint density at radius 2 is 1.69 bits per heavy atom. The van der Waals surface area contributed by atoms with Gasteiger partial charge in [0.1, 0.15) is 0 Å². The van der Waals surface area contributed by atoms with E-state index in [1.54, 1.807) is 6.34 Å². The molecule has 13 heavy (non-hydrogen) atoms. The summed E-state index contributed by atoms with van der Waals surface area (Å²) in [6.45, 7) is 0.973.